The van der Waals surface area contributed by atoms with Gasteiger partial charge in [-0.15, -0.1) is 10.2 Å². The van der Waals surface area contributed by atoms with Crippen molar-refractivity contribution in [3.63, 3.8) is 0 Å². The van der Waals surface area contributed by atoms with Gasteiger partial charge in [0.1, 0.15) is 5.82 Å². The minimum absolute atomic E-state index is 0.00108. The van der Waals surface area contributed by atoms with Gasteiger partial charge in [-0.2, -0.15) is 0 Å². The lowest BCUT2D eigenvalue weighted by Crippen LogP contribution is -2.25. The Balaban J connectivity index is 1.52. The van der Waals surface area contributed by atoms with Crippen LogP contribution in [-0.4, -0.2) is 32.3 Å². The first-order valence-corrected chi connectivity index (χ1v) is 13.6. The van der Waals surface area contributed by atoms with E-state index in [1.165, 1.54) is 36.0 Å². The maximum Gasteiger partial charge on any atom is 0.251 e. The van der Waals surface area contributed by atoms with E-state index >= 15 is 0 Å². The Kier molecular flexibility index (Phi) is 8.50. The molecule has 1 heterocycles. The van der Waals surface area contributed by atoms with Crippen molar-refractivity contribution in [2.75, 3.05) is 11.1 Å². The van der Waals surface area contributed by atoms with E-state index in [1.54, 1.807) is 0 Å². The Morgan fingerprint density at radius 2 is 1.64 bits per heavy atom. The number of thioether (sulfide) groups is 1. The summed E-state index contributed by atoms with van der Waals surface area (Å²) in [5.74, 6) is -0.211. The fourth-order valence-corrected chi connectivity index (χ4v) is 4.72. The Bertz CT molecular complexity index is 1470. The normalized spacial score (nSPS) is 11.3. The Morgan fingerprint density at radius 3 is 2.31 bits per heavy atom. The van der Waals surface area contributed by atoms with Crippen LogP contribution in [0.1, 0.15) is 53.6 Å². The molecule has 9 heteroatoms. The van der Waals surface area contributed by atoms with Crippen LogP contribution >= 0.6 is 11.8 Å². The Morgan fingerprint density at radius 1 is 0.949 bits per heavy atom. The highest BCUT2D eigenvalue weighted by molar-refractivity contribution is 7.99. The predicted molar refractivity (Wildman–Crippen MR) is 153 cm³/mol. The molecule has 0 aliphatic rings. The minimum atomic E-state index is -0.370. The van der Waals surface area contributed by atoms with Crippen LogP contribution in [-0.2, 0) is 16.8 Å². The van der Waals surface area contributed by atoms with Gasteiger partial charge in [0.25, 0.3) is 5.91 Å². The van der Waals surface area contributed by atoms with Crippen LogP contribution in [0.25, 0.3) is 5.69 Å². The number of nitrogens with one attached hydrogen (secondary N) is 2. The minimum Gasteiger partial charge on any atom is -0.345 e. The topological polar surface area (TPSA) is 88.9 Å². The first-order valence-electron chi connectivity index (χ1n) is 12.6. The SMILES string of the molecule is Cc1ccc(C)c(-n2c(CNC(=O)c3ccc(C(C)(C)C)cc3)nnc2SCC(=O)Nc2ccc(F)cc2)c1. The first-order chi connectivity index (χ1) is 18.5. The van der Waals surface area contributed by atoms with Crippen LogP contribution in [0.15, 0.2) is 71.9 Å². The predicted octanol–water partition coefficient (Wildman–Crippen LogP) is 5.98. The molecule has 4 rings (SSSR count). The zero-order valence-electron chi connectivity index (χ0n) is 22.7. The summed E-state index contributed by atoms with van der Waals surface area (Å²) < 4.78 is 15.0. The number of nitrogens with zero attached hydrogens (tertiary/aromatic N) is 3. The number of rotatable bonds is 8. The van der Waals surface area contributed by atoms with Gasteiger partial charge in [-0.25, -0.2) is 4.39 Å². The highest BCUT2D eigenvalue weighted by Crippen LogP contribution is 2.26. The van der Waals surface area contributed by atoms with Crippen molar-refractivity contribution in [2.45, 2.75) is 51.7 Å². The second kappa shape index (κ2) is 11.8. The van der Waals surface area contributed by atoms with E-state index in [0.717, 1.165) is 22.4 Å². The smallest absolute Gasteiger partial charge is 0.251 e. The Hall–Kier alpha value is -3.98. The Labute approximate surface area is 232 Å². The van der Waals surface area contributed by atoms with Crippen molar-refractivity contribution < 1.29 is 14.0 Å². The number of benzene rings is 3. The summed E-state index contributed by atoms with van der Waals surface area (Å²) in [7, 11) is 0. The van der Waals surface area contributed by atoms with Crippen molar-refractivity contribution in [1.29, 1.82) is 0 Å². The molecule has 2 N–H and O–H groups in total. The quantitative estimate of drug-likeness (QED) is 0.266. The van der Waals surface area contributed by atoms with Crippen LogP contribution < -0.4 is 10.6 Å². The number of halogens is 1. The van der Waals surface area contributed by atoms with Crippen LogP contribution in [0.2, 0.25) is 0 Å². The average Bonchev–Trinajstić information content (AvgIpc) is 3.31. The number of carbonyl (C=O) groups excluding carboxylic acids is 2. The third-order valence-electron chi connectivity index (χ3n) is 6.19. The van der Waals surface area contributed by atoms with Gasteiger partial charge >= 0.3 is 0 Å². The van der Waals surface area contributed by atoms with E-state index in [0.29, 0.717) is 22.2 Å². The lowest BCUT2D eigenvalue weighted by Gasteiger charge is -2.19. The standard InChI is InChI=1S/C30H32FN5O2S/c1-19-6-7-20(2)25(16-19)36-26(17-32-28(38)21-8-10-22(11-9-21)30(3,4)5)34-35-29(36)39-18-27(37)33-24-14-12-23(31)13-15-24/h6-16H,17-18H2,1-5H3,(H,32,38)(H,33,37). The van der Waals surface area contributed by atoms with Crippen molar-refractivity contribution in [2.24, 2.45) is 0 Å². The number of hydrogen-bond acceptors (Lipinski definition) is 5. The maximum absolute atomic E-state index is 13.2. The maximum atomic E-state index is 13.2. The van der Waals surface area contributed by atoms with Crippen molar-refractivity contribution in [3.05, 3.63) is 101 Å². The summed E-state index contributed by atoms with van der Waals surface area (Å²) in [4.78, 5) is 25.5. The van der Waals surface area contributed by atoms with Gasteiger partial charge in [0, 0.05) is 11.3 Å². The zero-order valence-corrected chi connectivity index (χ0v) is 23.5. The van der Waals surface area contributed by atoms with E-state index in [-0.39, 0.29) is 35.3 Å². The molecule has 1 aromatic heterocycles. The van der Waals surface area contributed by atoms with Crippen LogP contribution in [0.5, 0.6) is 0 Å². The van der Waals surface area contributed by atoms with Gasteiger partial charge < -0.3 is 10.6 Å². The summed E-state index contributed by atoms with van der Waals surface area (Å²) in [6.45, 7) is 10.5. The van der Waals surface area contributed by atoms with Crippen molar-refractivity contribution in [3.8, 4) is 5.69 Å². The molecule has 4 aromatic rings. The molecule has 39 heavy (non-hydrogen) atoms. The first kappa shape index (κ1) is 28.0. The molecular weight excluding hydrogens is 513 g/mol. The summed E-state index contributed by atoms with van der Waals surface area (Å²) >= 11 is 1.23. The number of aryl methyl sites for hydroxylation is 2. The molecule has 0 bridgehead atoms. The summed E-state index contributed by atoms with van der Waals surface area (Å²) in [5.41, 5.74) is 5.16. The number of anilines is 1. The second-order valence-electron chi connectivity index (χ2n) is 10.4. The highest BCUT2D eigenvalue weighted by Gasteiger charge is 2.19. The molecule has 0 fully saturated rings. The molecule has 0 spiro atoms. The molecule has 0 atom stereocenters. The van der Waals surface area contributed by atoms with E-state index in [1.807, 2.05) is 60.9 Å². The number of carbonyl (C=O) groups is 2. The molecule has 2 amide bonds. The molecule has 0 saturated carbocycles. The summed E-state index contributed by atoms with van der Waals surface area (Å²) in [6, 6.07) is 19.3. The number of amides is 2. The molecule has 0 saturated heterocycles. The largest absolute Gasteiger partial charge is 0.345 e. The van der Waals surface area contributed by atoms with Gasteiger partial charge in [-0.3, -0.25) is 14.2 Å². The van der Waals surface area contributed by atoms with Crippen molar-refractivity contribution in [1.82, 2.24) is 20.1 Å². The molecule has 7 nitrogen and oxygen atoms in total. The monoisotopic (exact) mass is 545 g/mol. The number of hydrogen-bond donors (Lipinski definition) is 2. The van der Waals surface area contributed by atoms with Crippen molar-refractivity contribution >= 4 is 29.3 Å². The van der Waals surface area contributed by atoms with E-state index in [9.17, 15) is 14.0 Å². The van der Waals surface area contributed by atoms with Gasteiger partial charge in [-0.05, 0) is 78.4 Å². The third kappa shape index (κ3) is 7.11. The zero-order chi connectivity index (χ0) is 28.2. The van der Waals surface area contributed by atoms with Gasteiger partial charge in [0.15, 0.2) is 11.0 Å². The molecule has 0 aliphatic heterocycles. The van der Waals surface area contributed by atoms with Crippen LogP contribution in [0, 0.1) is 19.7 Å². The lowest BCUT2D eigenvalue weighted by atomic mass is 9.87. The molecule has 0 aliphatic carbocycles. The molecule has 3 aromatic carbocycles. The van der Waals surface area contributed by atoms with Gasteiger partial charge in [-0.1, -0.05) is 56.8 Å². The van der Waals surface area contributed by atoms with E-state index in [4.69, 9.17) is 0 Å². The van der Waals surface area contributed by atoms with Gasteiger partial charge in [0.2, 0.25) is 5.91 Å². The molecule has 202 valence electrons. The lowest BCUT2D eigenvalue weighted by molar-refractivity contribution is -0.113. The van der Waals surface area contributed by atoms with E-state index in [2.05, 4.69) is 41.6 Å². The molecular formula is C30H32FN5O2S. The fraction of sp³-hybridized carbons (Fsp3) is 0.267. The summed E-state index contributed by atoms with van der Waals surface area (Å²) in [6.07, 6.45) is 0. The average molecular weight is 546 g/mol. The highest BCUT2D eigenvalue weighted by atomic mass is 32.2. The molecule has 0 radical (unpaired) electrons. The third-order valence-corrected chi connectivity index (χ3v) is 7.12. The second-order valence-corrected chi connectivity index (χ2v) is 11.3. The number of aromatic nitrogens is 3. The summed E-state index contributed by atoms with van der Waals surface area (Å²) in [5, 5.41) is 14.9. The fourth-order valence-electron chi connectivity index (χ4n) is 3.95. The van der Waals surface area contributed by atoms with Gasteiger partial charge in [0.05, 0.1) is 18.0 Å². The molecule has 0 unspecified atom stereocenters. The van der Waals surface area contributed by atoms with E-state index < -0.39 is 0 Å². The van der Waals surface area contributed by atoms with Crippen LogP contribution in [0.3, 0.4) is 0 Å². The van der Waals surface area contributed by atoms with Crippen LogP contribution in [0.4, 0.5) is 10.1 Å².